The Morgan fingerprint density at radius 1 is 1.33 bits per heavy atom. The molecule has 1 N–H and O–H groups in total. The zero-order valence-electron chi connectivity index (χ0n) is 11.0. The molecule has 3 heteroatoms. The average molecular weight is 248 g/mol. The monoisotopic (exact) mass is 248 g/mol. The summed E-state index contributed by atoms with van der Waals surface area (Å²) in [6.07, 6.45) is 2.60. The Hall–Kier alpha value is -0.930. The third-order valence-electron chi connectivity index (χ3n) is 4.41. The Labute approximate surface area is 108 Å². The molecule has 3 aliphatic rings. The van der Waals surface area contributed by atoms with Crippen molar-refractivity contribution in [1.29, 1.82) is 0 Å². The van der Waals surface area contributed by atoms with E-state index in [1.165, 1.54) is 25.9 Å². The highest BCUT2D eigenvalue weighted by molar-refractivity contribution is 5.24. The minimum absolute atomic E-state index is 0.0885. The fourth-order valence-corrected chi connectivity index (χ4v) is 3.28. The van der Waals surface area contributed by atoms with Crippen molar-refractivity contribution >= 4 is 0 Å². The summed E-state index contributed by atoms with van der Waals surface area (Å²) in [4.78, 5) is 2.52. The minimum Gasteiger partial charge on any atom is -0.308 e. The highest BCUT2D eigenvalue weighted by Gasteiger charge is 2.33. The van der Waals surface area contributed by atoms with Crippen LogP contribution in [0.15, 0.2) is 18.2 Å². The van der Waals surface area contributed by atoms with Crippen LogP contribution in [0.1, 0.15) is 24.0 Å². The smallest absolute Gasteiger partial charge is 0.127 e. The Balaban J connectivity index is 1.62. The predicted octanol–water partition coefficient (Wildman–Crippen LogP) is 2.32. The molecule has 98 valence electrons. The molecule has 3 saturated heterocycles. The molecular formula is C15H21FN2. The van der Waals surface area contributed by atoms with Crippen molar-refractivity contribution in [2.75, 3.05) is 19.6 Å². The number of benzene rings is 1. The van der Waals surface area contributed by atoms with Gasteiger partial charge in [0.2, 0.25) is 0 Å². The van der Waals surface area contributed by atoms with E-state index in [9.17, 15) is 4.39 Å². The van der Waals surface area contributed by atoms with Crippen LogP contribution in [0.5, 0.6) is 0 Å². The van der Waals surface area contributed by atoms with Crippen LogP contribution in [0.4, 0.5) is 4.39 Å². The summed E-state index contributed by atoms with van der Waals surface area (Å²) in [6.45, 7) is 6.31. The largest absolute Gasteiger partial charge is 0.308 e. The molecule has 1 aromatic carbocycles. The van der Waals surface area contributed by atoms with Gasteiger partial charge in [-0.05, 0) is 44.8 Å². The van der Waals surface area contributed by atoms with E-state index in [4.69, 9.17) is 0 Å². The van der Waals surface area contributed by atoms with Gasteiger partial charge in [-0.3, -0.25) is 0 Å². The van der Waals surface area contributed by atoms with Crippen LogP contribution < -0.4 is 5.32 Å². The molecule has 3 fully saturated rings. The summed E-state index contributed by atoms with van der Waals surface area (Å²) in [6, 6.07) is 5.90. The number of nitrogens with zero attached hydrogens (tertiary/aromatic N) is 1. The summed E-state index contributed by atoms with van der Waals surface area (Å²) in [5.41, 5.74) is 1.92. The molecule has 0 aromatic heterocycles. The number of piperidine rings is 3. The van der Waals surface area contributed by atoms with Crippen molar-refractivity contribution in [1.82, 2.24) is 10.2 Å². The number of nitrogens with one attached hydrogen (secondary N) is 1. The quantitative estimate of drug-likeness (QED) is 0.883. The first-order chi connectivity index (χ1) is 8.72. The van der Waals surface area contributed by atoms with E-state index in [0.29, 0.717) is 12.6 Å². The highest BCUT2D eigenvalue weighted by atomic mass is 19.1. The van der Waals surface area contributed by atoms with Gasteiger partial charge in [0.15, 0.2) is 0 Å². The molecule has 1 atom stereocenters. The summed E-state index contributed by atoms with van der Waals surface area (Å²) in [5, 5.41) is 3.56. The molecule has 3 aliphatic heterocycles. The van der Waals surface area contributed by atoms with Gasteiger partial charge in [0.25, 0.3) is 0 Å². The molecule has 0 aliphatic carbocycles. The lowest BCUT2D eigenvalue weighted by Crippen LogP contribution is -2.55. The molecule has 0 amide bonds. The Bertz CT molecular complexity index is 425. The maximum Gasteiger partial charge on any atom is 0.127 e. The van der Waals surface area contributed by atoms with Crippen molar-refractivity contribution in [3.8, 4) is 0 Å². The fraction of sp³-hybridized carbons (Fsp3) is 0.600. The molecule has 1 unspecified atom stereocenters. The van der Waals surface area contributed by atoms with Gasteiger partial charge in [0.1, 0.15) is 5.82 Å². The van der Waals surface area contributed by atoms with E-state index in [1.807, 2.05) is 19.1 Å². The van der Waals surface area contributed by atoms with E-state index in [-0.39, 0.29) is 5.82 Å². The first kappa shape index (κ1) is 12.1. The van der Waals surface area contributed by atoms with Crippen molar-refractivity contribution in [2.45, 2.75) is 32.4 Å². The van der Waals surface area contributed by atoms with Gasteiger partial charge in [0.05, 0.1) is 0 Å². The van der Waals surface area contributed by atoms with Gasteiger partial charge in [-0.15, -0.1) is 0 Å². The number of aryl methyl sites for hydroxylation is 1. The first-order valence-electron chi connectivity index (χ1n) is 6.93. The van der Waals surface area contributed by atoms with Crippen molar-refractivity contribution in [3.63, 3.8) is 0 Å². The van der Waals surface area contributed by atoms with E-state index in [2.05, 4.69) is 10.2 Å². The molecule has 0 radical (unpaired) electrons. The molecule has 4 rings (SSSR count). The Morgan fingerprint density at radius 2 is 2.11 bits per heavy atom. The molecule has 2 nitrogen and oxygen atoms in total. The lowest BCUT2D eigenvalue weighted by Gasteiger charge is -2.45. The van der Waals surface area contributed by atoms with Crippen LogP contribution in [0, 0.1) is 18.7 Å². The minimum atomic E-state index is -0.0885. The maximum atomic E-state index is 13.7. The third kappa shape index (κ3) is 2.43. The number of hydrogen-bond donors (Lipinski definition) is 1. The van der Waals surface area contributed by atoms with E-state index < -0.39 is 0 Å². The standard InChI is InChI=1S/C15H21FN2/c1-11-2-3-14(16)13(8-11)9-17-15-10-18-6-4-12(15)5-7-18/h2-3,8,12,15,17H,4-7,9-10H2,1H3. The van der Waals surface area contributed by atoms with Crippen molar-refractivity contribution < 1.29 is 4.39 Å². The van der Waals surface area contributed by atoms with Crippen LogP contribution in [0.3, 0.4) is 0 Å². The van der Waals surface area contributed by atoms with Crippen molar-refractivity contribution in [2.24, 2.45) is 5.92 Å². The van der Waals surface area contributed by atoms with Gasteiger partial charge in [-0.2, -0.15) is 0 Å². The summed E-state index contributed by atoms with van der Waals surface area (Å²) in [5.74, 6) is 0.706. The SMILES string of the molecule is Cc1ccc(F)c(CNC2CN3CCC2CC3)c1. The average Bonchev–Trinajstić information content (AvgIpc) is 2.41. The number of halogens is 1. The second kappa shape index (κ2) is 4.98. The maximum absolute atomic E-state index is 13.7. The van der Waals surface area contributed by atoms with Gasteiger partial charge in [-0.25, -0.2) is 4.39 Å². The summed E-state index contributed by atoms with van der Waals surface area (Å²) >= 11 is 0. The number of rotatable bonds is 3. The molecular weight excluding hydrogens is 227 g/mol. The molecule has 2 bridgehead atoms. The number of hydrogen-bond acceptors (Lipinski definition) is 2. The van der Waals surface area contributed by atoms with Gasteiger partial charge in [-0.1, -0.05) is 17.7 Å². The summed E-state index contributed by atoms with van der Waals surface area (Å²) in [7, 11) is 0. The Morgan fingerprint density at radius 3 is 2.78 bits per heavy atom. The van der Waals surface area contributed by atoms with Crippen LogP contribution in [0.25, 0.3) is 0 Å². The van der Waals surface area contributed by atoms with Gasteiger partial charge < -0.3 is 10.2 Å². The third-order valence-corrected chi connectivity index (χ3v) is 4.41. The second-order valence-electron chi connectivity index (χ2n) is 5.72. The van der Waals surface area contributed by atoms with Crippen LogP contribution in [0.2, 0.25) is 0 Å². The fourth-order valence-electron chi connectivity index (χ4n) is 3.28. The number of fused-ring (bicyclic) bond motifs is 3. The normalized spacial score (nSPS) is 30.7. The van der Waals surface area contributed by atoms with Gasteiger partial charge in [0, 0.05) is 24.7 Å². The van der Waals surface area contributed by atoms with Crippen molar-refractivity contribution in [3.05, 3.63) is 35.1 Å². The summed E-state index contributed by atoms with van der Waals surface area (Å²) < 4.78 is 13.7. The van der Waals surface area contributed by atoms with Crippen LogP contribution in [-0.4, -0.2) is 30.6 Å². The van der Waals surface area contributed by atoms with E-state index in [1.54, 1.807) is 6.07 Å². The zero-order chi connectivity index (χ0) is 12.5. The molecule has 0 saturated carbocycles. The van der Waals surface area contributed by atoms with E-state index >= 15 is 0 Å². The zero-order valence-corrected chi connectivity index (χ0v) is 11.0. The lowest BCUT2D eigenvalue weighted by atomic mass is 9.84. The Kier molecular flexibility index (Phi) is 3.35. The van der Waals surface area contributed by atoms with Crippen LogP contribution >= 0.6 is 0 Å². The topological polar surface area (TPSA) is 15.3 Å². The molecule has 3 heterocycles. The highest BCUT2D eigenvalue weighted by Crippen LogP contribution is 2.27. The predicted molar refractivity (Wildman–Crippen MR) is 70.9 cm³/mol. The lowest BCUT2D eigenvalue weighted by molar-refractivity contribution is 0.0718. The first-order valence-corrected chi connectivity index (χ1v) is 6.93. The molecule has 18 heavy (non-hydrogen) atoms. The second-order valence-corrected chi connectivity index (χ2v) is 5.72. The van der Waals surface area contributed by atoms with Gasteiger partial charge >= 0.3 is 0 Å². The van der Waals surface area contributed by atoms with Crippen LogP contribution in [-0.2, 0) is 6.54 Å². The molecule has 0 spiro atoms. The molecule has 1 aromatic rings. The van der Waals surface area contributed by atoms with E-state index in [0.717, 1.165) is 23.6 Å².